The monoisotopic (exact) mass is 235 g/mol. The molecule has 1 amide bonds. The smallest absolute Gasteiger partial charge is 0.312 e. The molecule has 1 N–H and O–H groups in total. The van der Waals surface area contributed by atoms with Crippen LogP contribution in [0.1, 0.15) is 19.3 Å². The lowest BCUT2D eigenvalue weighted by molar-refractivity contribution is -0.143. The molecule has 4 atom stereocenters. The number of hydrogen-bond donors (Lipinski definition) is 1. The van der Waals surface area contributed by atoms with Gasteiger partial charge < -0.3 is 10.0 Å². The van der Waals surface area contributed by atoms with Crippen molar-refractivity contribution >= 4 is 11.9 Å². The molecule has 17 heavy (non-hydrogen) atoms. The highest BCUT2D eigenvalue weighted by Gasteiger charge is 2.51. The second-order valence-corrected chi connectivity index (χ2v) is 5.46. The standard InChI is InChI=1S/C13H17NO3/c15-12(10-4-3-8-6-11(8)10)14-5-1-2-9(7-14)13(16)17/h1-2,8-11H,3-7H2,(H,16,17)/t8-,9?,10-,11+/m1/s1. The maximum Gasteiger partial charge on any atom is 0.312 e. The number of hydrogen-bond acceptors (Lipinski definition) is 2. The molecule has 0 aromatic heterocycles. The van der Waals surface area contributed by atoms with Crippen molar-refractivity contribution in [1.82, 2.24) is 4.90 Å². The van der Waals surface area contributed by atoms with Crippen molar-refractivity contribution in [2.45, 2.75) is 19.3 Å². The number of amides is 1. The Balaban J connectivity index is 1.66. The third kappa shape index (κ3) is 1.85. The average Bonchev–Trinajstić information content (AvgIpc) is 3.00. The fourth-order valence-electron chi connectivity index (χ4n) is 3.31. The highest BCUT2D eigenvalue weighted by atomic mass is 16.4. The Labute approximate surface area is 100 Å². The Morgan fingerprint density at radius 3 is 2.71 bits per heavy atom. The van der Waals surface area contributed by atoms with Gasteiger partial charge in [0.15, 0.2) is 0 Å². The molecule has 2 fully saturated rings. The van der Waals surface area contributed by atoms with Crippen LogP contribution in [0.2, 0.25) is 0 Å². The summed E-state index contributed by atoms with van der Waals surface area (Å²) in [4.78, 5) is 25.0. The topological polar surface area (TPSA) is 57.6 Å². The number of carbonyl (C=O) groups excluding carboxylic acids is 1. The molecule has 1 aliphatic heterocycles. The maximum absolute atomic E-state index is 12.3. The zero-order chi connectivity index (χ0) is 12.0. The Bertz CT molecular complexity index is 390. The van der Waals surface area contributed by atoms with Crippen LogP contribution in [0.5, 0.6) is 0 Å². The van der Waals surface area contributed by atoms with E-state index in [0.717, 1.165) is 12.3 Å². The SMILES string of the molecule is O=C(O)C1C=CCN(C(=O)[C@@H]2CC[C@@H]3C[C@@H]32)C1. The predicted octanol–water partition coefficient (Wildman–Crippen LogP) is 1.13. The predicted molar refractivity (Wildman–Crippen MR) is 61.2 cm³/mol. The Kier molecular flexibility index (Phi) is 2.45. The Hall–Kier alpha value is -1.32. The largest absolute Gasteiger partial charge is 0.481 e. The van der Waals surface area contributed by atoms with Gasteiger partial charge in [0, 0.05) is 19.0 Å². The second kappa shape index (κ2) is 3.86. The fraction of sp³-hybridized carbons (Fsp3) is 0.692. The lowest BCUT2D eigenvalue weighted by Crippen LogP contribution is -2.43. The molecule has 1 heterocycles. The molecule has 0 saturated heterocycles. The first kappa shape index (κ1) is 10.8. The molecule has 0 aromatic rings. The van der Waals surface area contributed by atoms with Crippen LogP contribution in [0.15, 0.2) is 12.2 Å². The summed E-state index contributed by atoms with van der Waals surface area (Å²) in [5, 5.41) is 8.97. The van der Waals surface area contributed by atoms with Gasteiger partial charge in [-0.05, 0) is 31.1 Å². The van der Waals surface area contributed by atoms with Crippen molar-refractivity contribution in [2.24, 2.45) is 23.7 Å². The minimum Gasteiger partial charge on any atom is -0.481 e. The van der Waals surface area contributed by atoms with E-state index in [-0.39, 0.29) is 11.8 Å². The minimum atomic E-state index is -0.838. The van der Waals surface area contributed by atoms with Crippen LogP contribution in [0.25, 0.3) is 0 Å². The average molecular weight is 235 g/mol. The fourth-order valence-corrected chi connectivity index (χ4v) is 3.31. The number of nitrogens with zero attached hydrogens (tertiary/aromatic N) is 1. The molecule has 1 unspecified atom stereocenters. The molecule has 0 radical (unpaired) electrons. The van der Waals surface area contributed by atoms with E-state index >= 15 is 0 Å². The van der Waals surface area contributed by atoms with Crippen LogP contribution < -0.4 is 0 Å². The van der Waals surface area contributed by atoms with Gasteiger partial charge >= 0.3 is 5.97 Å². The molecule has 0 spiro atoms. The molecular weight excluding hydrogens is 218 g/mol. The molecule has 4 heteroatoms. The van der Waals surface area contributed by atoms with Gasteiger partial charge in [0.1, 0.15) is 0 Å². The van der Waals surface area contributed by atoms with Crippen LogP contribution in [0.3, 0.4) is 0 Å². The highest BCUT2D eigenvalue weighted by Crippen LogP contribution is 2.55. The Morgan fingerprint density at radius 2 is 2.12 bits per heavy atom. The van der Waals surface area contributed by atoms with E-state index in [0.29, 0.717) is 19.0 Å². The Morgan fingerprint density at radius 1 is 1.29 bits per heavy atom. The summed E-state index contributed by atoms with van der Waals surface area (Å²) in [6.45, 7) is 0.926. The van der Waals surface area contributed by atoms with Crippen molar-refractivity contribution in [3.63, 3.8) is 0 Å². The first-order valence-electron chi connectivity index (χ1n) is 6.35. The van der Waals surface area contributed by atoms with Crippen molar-refractivity contribution in [1.29, 1.82) is 0 Å². The van der Waals surface area contributed by atoms with Crippen molar-refractivity contribution < 1.29 is 14.7 Å². The summed E-state index contributed by atoms with van der Waals surface area (Å²) in [6, 6.07) is 0. The zero-order valence-electron chi connectivity index (χ0n) is 9.71. The quantitative estimate of drug-likeness (QED) is 0.730. The lowest BCUT2D eigenvalue weighted by Gasteiger charge is -2.29. The molecule has 0 aromatic carbocycles. The van der Waals surface area contributed by atoms with Gasteiger partial charge in [0.2, 0.25) is 5.91 Å². The number of rotatable bonds is 2. The van der Waals surface area contributed by atoms with E-state index in [9.17, 15) is 9.59 Å². The van der Waals surface area contributed by atoms with Crippen LogP contribution >= 0.6 is 0 Å². The van der Waals surface area contributed by atoms with Crippen molar-refractivity contribution in [3.8, 4) is 0 Å². The number of carboxylic acids is 1. The zero-order valence-corrected chi connectivity index (χ0v) is 9.71. The summed E-state index contributed by atoms with van der Waals surface area (Å²) in [5.74, 6) is 0.404. The molecule has 4 nitrogen and oxygen atoms in total. The van der Waals surface area contributed by atoms with E-state index in [1.54, 1.807) is 17.1 Å². The highest BCUT2D eigenvalue weighted by molar-refractivity contribution is 5.82. The molecule has 2 saturated carbocycles. The lowest BCUT2D eigenvalue weighted by atomic mass is 9.99. The molecule has 0 bridgehead atoms. The first-order chi connectivity index (χ1) is 8.16. The maximum atomic E-state index is 12.3. The van der Waals surface area contributed by atoms with Gasteiger partial charge in [0.25, 0.3) is 0 Å². The number of carboxylic acid groups (broad SMARTS) is 1. The van der Waals surface area contributed by atoms with Crippen LogP contribution in [-0.4, -0.2) is 35.0 Å². The first-order valence-corrected chi connectivity index (χ1v) is 6.35. The third-order valence-electron chi connectivity index (χ3n) is 4.40. The summed E-state index contributed by atoms with van der Waals surface area (Å²) < 4.78 is 0. The summed E-state index contributed by atoms with van der Waals surface area (Å²) in [5.41, 5.74) is 0. The molecule has 92 valence electrons. The van der Waals surface area contributed by atoms with Crippen LogP contribution in [0.4, 0.5) is 0 Å². The van der Waals surface area contributed by atoms with E-state index in [4.69, 9.17) is 5.11 Å². The van der Waals surface area contributed by atoms with Crippen molar-refractivity contribution in [3.05, 3.63) is 12.2 Å². The molecule has 2 aliphatic carbocycles. The molecular formula is C13H17NO3. The van der Waals surface area contributed by atoms with Gasteiger partial charge in [0.05, 0.1) is 5.92 Å². The van der Waals surface area contributed by atoms with Crippen molar-refractivity contribution in [2.75, 3.05) is 13.1 Å². The summed E-state index contributed by atoms with van der Waals surface area (Å²) >= 11 is 0. The van der Waals surface area contributed by atoms with Gasteiger partial charge in [-0.15, -0.1) is 0 Å². The van der Waals surface area contributed by atoms with Crippen LogP contribution in [0, 0.1) is 23.7 Å². The van der Waals surface area contributed by atoms with Gasteiger partial charge in [-0.1, -0.05) is 12.2 Å². The summed E-state index contributed by atoms with van der Waals surface area (Å²) in [7, 11) is 0. The summed E-state index contributed by atoms with van der Waals surface area (Å²) in [6.07, 6.45) is 6.90. The van der Waals surface area contributed by atoms with E-state index in [1.165, 1.54) is 12.8 Å². The van der Waals surface area contributed by atoms with Gasteiger partial charge in [-0.3, -0.25) is 9.59 Å². The van der Waals surface area contributed by atoms with Crippen LogP contribution in [-0.2, 0) is 9.59 Å². The van der Waals surface area contributed by atoms with Gasteiger partial charge in [-0.25, -0.2) is 0 Å². The second-order valence-electron chi connectivity index (χ2n) is 5.46. The minimum absolute atomic E-state index is 0.181. The third-order valence-corrected chi connectivity index (χ3v) is 4.40. The number of carbonyl (C=O) groups is 2. The molecule has 3 rings (SSSR count). The van der Waals surface area contributed by atoms with E-state index < -0.39 is 11.9 Å². The normalized spacial score (nSPS) is 38.9. The number of fused-ring (bicyclic) bond motifs is 1. The van der Waals surface area contributed by atoms with E-state index in [1.807, 2.05) is 0 Å². The molecule has 3 aliphatic rings. The van der Waals surface area contributed by atoms with E-state index in [2.05, 4.69) is 0 Å². The van der Waals surface area contributed by atoms with Gasteiger partial charge in [-0.2, -0.15) is 0 Å². The number of aliphatic carboxylic acids is 1.